The summed E-state index contributed by atoms with van der Waals surface area (Å²) in [7, 11) is 0. The Hall–Kier alpha value is -2.43. The summed E-state index contributed by atoms with van der Waals surface area (Å²) in [5.41, 5.74) is 1.88. The third-order valence-electron chi connectivity index (χ3n) is 4.08. The predicted octanol–water partition coefficient (Wildman–Crippen LogP) is 4.10. The van der Waals surface area contributed by atoms with E-state index in [1.54, 1.807) is 12.1 Å². The van der Waals surface area contributed by atoms with E-state index in [1.807, 2.05) is 30.3 Å². The Labute approximate surface area is 139 Å². The molecular formula is C19H19F2NO2. The highest BCUT2D eigenvalue weighted by atomic mass is 19.3. The summed E-state index contributed by atoms with van der Waals surface area (Å²) in [6.45, 7) is -2.84. The van der Waals surface area contributed by atoms with Gasteiger partial charge in [-0.3, -0.25) is 4.79 Å². The summed E-state index contributed by atoms with van der Waals surface area (Å²) < 4.78 is 28.6. The van der Waals surface area contributed by atoms with Gasteiger partial charge >= 0.3 is 6.61 Å². The average molecular weight is 331 g/mol. The third-order valence-corrected chi connectivity index (χ3v) is 4.08. The Bertz CT molecular complexity index is 670. The molecule has 5 heteroatoms. The second kappa shape index (κ2) is 7.43. The zero-order chi connectivity index (χ0) is 16.9. The molecule has 24 heavy (non-hydrogen) atoms. The highest BCUT2D eigenvalue weighted by Gasteiger charge is 2.33. The standard InChI is InChI=1S/C19H19F2NO2/c20-19(21)24-16-10-6-13(7-11-16)12-17(23)22-18(15-8-9-15)14-4-2-1-3-5-14/h1-7,10-11,15,18-19H,8-9,12H2,(H,22,23). The number of nitrogens with one attached hydrogen (secondary N) is 1. The van der Waals surface area contributed by atoms with Gasteiger partial charge in [0.2, 0.25) is 5.91 Å². The number of carbonyl (C=O) groups excluding carboxylic acids is 1. The van der Waals surface area contributed by atoms with Crippen LogP contribution < -0.4 is 10.1 Å². The highest BCUT2D eigenvalue weighted by molar-refractivity contribution is 5.79. The molecule has 0 heterocycles. The maximum atomic E-state index is 12.3. The molecule has 0 bridgehead atoms. The Balaban J connectivity index is 1.60. The van der Waals surface area contributed by atoms with Gasteiger partial charge in [-0.15, -0.1) is 0 Å². The summed E-state index contributed by atoms with van der Waals surface area (Å²) in [5.74, 6) is 0.519. The summed E-state index contributed by atoms with van der Waals surface area (Å²) in [6.07, 6.45) is 2.46. The number of rotatable bonds is 7. The smallest absolute Gasteiger partial charge is 0.387 e. The first-order valence-corrected chi connectivity index (χ1v) is 8.00. The lowest BCUT2D eigenvalue weighted by Crippen LogP contribution is -2.31. The maximum Gasteiger partial charge on any atom is 0.387 e. The largest absolute Gasteiger partial charge is 0.435 e. The molecule has 1 unspecified atom stereocenters. The number of ether oxygens (including phenoxy) is 1. The number of hydrogen-bond acceptors (Lipinski definition) is 2. The molecule has 2 aromatic carbocycles. The van der Waals surface area contributed by atoms with E-state index in [0.29, 0.717) is 5.92 Å². The van der Waals surface area contributed by atoms with E-state index in [4.69, 9.17) is 0 Å². The molecule has 1 N–H and O–H groups in total. The highest BCUT2D eigenvalue weighted by Crippen LogP contribution is 2.40. The van der Waals surface area contributed by atoms with Crippen molar-refractivity contribution in [3.8, 4) is 5.75 Å². The normalized spacial score (nSPS) is 15.1. The number of hydrogen-bond donors (Lipinski definition) is 1. The number of alkyl halides is 2. The van der Waals surface area contributed by atoms with E-state index in [0.717, 1.165) is 24.0 Å². The van der Waals surface area contributed by atoms with E-state index < -0.39 is 6.61 Å². The van der Waals surface area contributed by atoms with Crippen LogP contribution in [-0.2, 0) is 11.2 Å². The van der Waals surface area contributed by atoms with Gasteiger partial charge in [0.15, 0.2) is 0 Å². The van der Waals surface area contributed by atoms with Crippen LogP contribution in [0.25, 0.3) is 0 Å². The van der Waals surface area contributed by atoms with Gasteiger partial charge in [0.05, 0.1) is 12.5 Å². The van der Waals surface area contributed by atoms with Gasteiger partial charge in [-0.1, -0.05) is 42.5 Å². The molecule has 0 radical (unpaired) electrons. The van der Waals surface area contributed by atoms with Crippen LogP contribution in [0, 0.1) is 5.92 Å². The van der Waals surface area contributed by atoms with Crippen molar-refractivity contribution in [2.45, 2.75) is 31.9 Å². The van der Waals surface area contributed by atoms with E-state index in [2.05, 4.69) is 10.1 Å². The van der Waals surface area contributed by atoms with Gasteiger partial charge in [0.1, 0.15) is 5.75 Å². The van der Waals surface area contributed by atoms with Crippen LogP contribution in [-0.4, -0.2) is 12.5 Å². The van der Waals surface area contributed by atoms with E-state index in [1.165, 1.54) is 12.1 Å². The molecule has 0 spiro atoms. The SMILES string of the molecule is O=C(Cc1ccc(OC(F)F)cc1)NC(c1ccccc1)C1CC1. The zero-order valence-corrected chi connectivity index (χ0v) is 13.1. The Morgan fingerprint density at radius 3 is 2.33 bits per heavy atom. The van der Waals surface area contributed by atoms with Crippen LogP contribution in [0.15, 0.2) is 54.6 Å². The molecule has 1 aliphatic rings. The molecule has 3 nitrogen and oxygen atoms in total. The number of halogens is 2. The van der Waals surface area contributed by atoms with Gasteiger partial charge < -0.3 is 10.1 Å². The van der Waals surface area contributed by atoms with Crippen LogP contribution in [0.1, 0.15) is 30.0 Å². The van der Waals surface area contributed by atoms with Gasteiger partial charge in [-0.25, -0.2) is 0 Å². The monoisotopic (exact) mass is 331 g/mol. The minimum absolute atomic E-state index is 0.0418. The summed E-state index contributed by atoms with van der Waals surface area (Å²) in [4.78, 5) is 12.3. The van der Waals surface area contributed by atoms with Crippen molar-refractivity contribution >= 4 is 5.91 Å². The Kier molecular flexibility index (Phi) is 5.08. The zero-order valence-electron chi connectivity index (χ0n) is 13.1. The van der Waals surface area contributed by atoms with Gasteiger partial charge in [-0.05, 0) is 42.0 Å². The fourth-order valence-electron chi connectivity index (χ4n) is 2.76. The lowest BCUT2D eigenvalue weighted by atomic mass is 10.0. The molecular weight excluding hydrogens is 312 g/mol. The number of benzene rings is 2. The predicted molar refractivity (Wildman–Crippen MR) is 86.8 cm³/mol. The first-order chi connectivity index (χ1) is 11.6. The average Bonchev–Trinajstić information content (AvgIpc) is 3.40. The fraction of sp³-hybridized carbons (Fsp3) is 0.316. The van der Waals surface area contributed by atoms with Crippen LogP contribution in [0.5, 0.6) is 5.75 Å². The third kappa shape index (κ3) is 4.54. The van der Waals surface area contributed by atoms with E-state index in [-0.39, 0.29) is 24.1 Å². The summed E-state index contributed by atoms with van der Waals surface area (Å²) in [6, 6.07) is 16.2. The number of carbonyl (C=O) groups is 1. The van der Waals surface area contributed by atoms with Crippen LogP contribution in [0.2, 0.25) is 0 Å². The molecule has 1 amide bonds. The molecule has 0 aliphatic heterocycles. The quantitative estimate of drug-likeness (QED) is 0.829. The van der Waals surface area contributed by atoms with Gasteiger partial charge in [0, 0.05) is 0 Å². The maximum absolute atomic E-state index is 12.3. The Morgan fingerprint density at radius 2 is 1.75 bits per heavy atom. The molecule has 3 rings (SSSR count). The topological polar surface area (TPSA) is 38.3 Å². The van der Waals surface area contributed by atoms with E-state index >= 15 is 0 Å². The first kappa shape index (κ1) is 16.4. The lowest BCUT2D eigenvalue weighted by Gasteiger charge is -2.19. The molecule has 2 aromatic rings. The first-order valence-electron chi connectivity index (χ1n) is 8.00. The molecule has 0 aromatic heterocycles. The lowest BCUT2D eigenvalue weighted by molar-refractivity contribution is -0.121. The molecule has 126 valence electrons. The van der Waals surface area contributed by atoms with Crippen molar-refractivity contribution in [1.29, 1.82) is 0 Å². The number of amides is 1. The molecule has 1 aliphatic carbocycles. The van der Waals surface area contributed by atoms with Crippen molar-refractivity contribution in [1.82, 2.24) is 5.32 Å². The van der Waals surface area contributed by atoms with Crippen molar-refractivity contribution in [2.24, 2.45) is 5.92 Å². The summed E-state index contributed by atoms with van der Waals surface area (Å²) >= 11 is 0. The van der Waals surface area contributed by atoms with Crippen molar-refractivity contribution < 1.29 is 18.3 Å². The van der Waals surface area contributed by atoms with Crippen molar-refractivity contribution in [2.75, 3.05) is 0 Å². The Morgan fingerprint density at radius 1 is 1.08 bits per heavy atom. The minimum atomic E-state index is -2.84. The second-order valence-electron chi connectivity index (χ2n) is 5.99. The molecule has 1 atom stereocenters. The van der Waals surface area contributed by atoms with Crippen molar-refractivity contribution in [3.63, 3.8) is 0 Å². The summed E-state index contributed by atoms with van der Waals surface area (Å²) in [5, 5.41) is 3.10. The molecule has 1 saturated carbocycles. The van der Waals surface area contributed by atoms with Crippen LogP contribution >= 0.6 is 0 Å². The second-order valence-corrected chi connectivity index (χ2v) is 5.99. The molecule has 1 fully saturated rings. The minimum Gasteiger partial charge on any atom is -0.435 e. The van der Waals surface area contributed by atoms with Gasteiger partial charge in [-0.2, -0.15) is 8.78 Å². The van der Waals surface area contributed by atoms with Gasteiger partial charge in [0.25, 0.3) is 0 Å². The van der Waals surface area contributed by atoms with Crippen molar-refractivity contribution in [3.05, 3.63) is 65.7 Å². The van der Waals surface area contributed by atoms with Crippen LogP contribution in [0.3, 0.4) is 0 Å². The molecule has 0 saturated heterocycles. The fourth-order valence-corrected chi connectivity index (χ4v) is 2.76. The van der Waals surface area contributed by atoms with E-state index in [9.17, 15) is 13.6 Å². The van der Waals surface area contributed by atoms with Crippen LogP contribution in [0.4, 0.5) is 8.78 Å².